The molecule has 0 atom stereocenters. The molecule has 1 fully saturated rings. The Morgan fingerprint density at radius 1 is 1.14 bits per heavy atom. The van der Waals surface area contributed by atoms with Crippen LogP contribution in [0.5, 0.6) is 0 Å². The van der Waals surface area contributed by atoms with Crippen LogP contribution in [0, 0.1) is 20.8 Å². The predicted octanol–water partition coefficient (Wildman–Crippen LogP) is 4.49. The molecule has 0 radical (unpaired) electrons. The lowest BCUT2D eigenvalue weighted by atomic mass is 10.1. The van der Waals surface area contributed by atoms with Crippen LogP contribution in [0.25, 0.3) is 10.2 Å². The number of hydrogen-bond acceptors (Lipinski definition) is 5. The van der Waals surface area contributed by atoms with Gasteiger partial charge in [0.05, 0.1) is 4.88 Å². The first-order chi connectivity index (χ1) is 13.5. The van der Waals surface area contributed by atoms with Crippen LogP contribution in [-0.4, -0.2) is 40.9 Å². The van der Waals surface area contributed by atoms with Gasteiger partial charge in [-0.15, -0.1) is 11.3 Å². The van der Waals surface area contributed by atoms with Crippen molar-refractivity contribution in [2.45, 2.75) is 40.2 Å². The SMILES string of the molecule is Cc1nc(C)c2c(C)c(C(=O)N(C)Cc3ccccc3N3CCCC3)sc2n1. The fraction of sp³-hybridized carbons (Fsp3) is 0.409. The van der Waals surface area contributed by atoms with E-state index in [0.29, 0.717) is 6.54 Å². The summed E-state index contributed by atoms with van der Waals surface area (Å²) in [6.07, 6.45) is 2.48. The van der Waals surface area contributed by atoms with E-state index >= 15 is 0 Å². The summed E-state index contributed by atoms with van der Waals surface area (Å²) in [5, 5.41) is 1.02. The Bertz CT molecular complexity index is 1040. The van der Waals surface area contributed by atoms with Gasteiger partial charge in [-0.2, -0.15) is 0 Å². The summed E-state index contributed by atoms with van der Waals surface area (Å²) in [6.45, 7) is 8.68. The van der Waals surface area contributed by atoms with Gasteiger partial charge in [0, 0.05) is 43.4 Å². The van der Waals surface area contributed by atoms with E-state index in [-0.39, 0.29) is 5.91 Å². The predicted molar refractivity (Wildman–Crippen MR) is 115 cm³/mol. The van der Waals surface area contributed by atoms with Gasteiger partial charge in [0.25, 0.3) is 5.91 Å². The highest BCUT2D eigenvalue weighted by Crippen LogP contribution is 2.32. The molecule has 28 heavy (non-hydrogen) atoms. The Kier molecular flexibility index (Phi) is 5.06. The molecule has 3 aromatic rings. The zero-order valence-corrected chi connectivity index (χ0v) is 17.8. The molecule has 0 saturated carbocycles. The highest BCUT2D eigenvalue weighted by atomic mass is 32.1. The average molecular weight is 395 g/mol. The van der Waals surface area contributed by atoms with Crippen LogP contribution in [0.4, 0.5) is 5.69 Å². The average Bonchev–Trinajstić information content (AvgIpc) is 3.30. The fourth-order valence-corrected chi connectivity index (χ4v) is 5.36. The van der Waals surface area contributed by atoms with Gasteiger partial charge in [0.15, 0.2) is 0 Å². The van der Waals surface area contributed by atoms with E-state index < -0.39 is 0 Å². The van der Waals surface area contributed by atoms with Gasteiger partial charge in [-0.05, 0) is 50.8 Å². The third-order valence-electron chi connectivity index (χ3n) is 5.47. The number of amides is 1. The van der Waals surface area contributed by atoms with Gasteiger partial charge < -0.3 is 9.80 Å². The highest BCUT2D eigenvalue weighted by Gasteiger charge is 2.23. The second kappa shape index (κ2) is 7.51. The second-order valence-electron chi connectivity index (χ2n) is 7.58. The van der Waals surface area contributed by atoms with Crippen LogP contribution in [0.15, 0.2) is 24.3 Å². The molecule has 6 heteroatoms. The minimum absolute atomic E-state index is 0.0498. The van der Waals surface area contributed by atoms with Crippen molar-refractivity contribution in [3.05, 3.63) is 51.8 Å². The number of hydrogen-bond donors (Lipinski definition) is 0. The summed E-state index contributed by atoms with van der Waals surface area (Å²) in [4.78, 5) is 28.2. The number of anilines is 1. The van der Waals surface area contributed by atoms with Crippen molar-refractivity contribution in [2.24, 2.45) is 0 Å². The van der Waals surface area contributed by atoms with Crippen LogP contribution < -0.4 is 4.90 Å². The van der Waals surface area contributed by atoms with Crippen molar-refractivity contribution in [1.29, 1.82) is 0 Å². The van der Waals surface area contributed by atoms with Gasteiger partial charge in [0.2, 0.25) is 0 Å². The number of thiophene rings is 1. The molecule has 0 unspecified atom stereocenters. The topological polar surface area (TPSA) is 49.3 Å². The maximum atomic E-state index is 13.2. The van der Waals surface area contributed by atoms with Crippen molar-refractivity contribution in [2.75, 3.05) is 25.0 Å². The lowest BCUT2D eigenvalue weighted by Crippen LogP contribution is -2.27. The summed E-state index contributed by atoms with van der Waals surface area (Å²) in [5.41, 5.74) is 4.38. The zero-order valence-electron chi connectivity index (χ0n) is 17.0. The number of aromatic nitrogens is 2. The first-order valence-electron chi connectivity index (χ1n) is 9.78. The van der Waals surface area contributed by atoms with E-state index in [1.807, 2.05) is 32.7 Å². The van der Waals surface area contributed by atoms with Gasteiger partial charge in [0.1, 0.15) is 10.7 Å². The number of carbonyl (C=O) groups excluding carboxylic acids is 1. The zero-order chi connectivity index (χ0) is 19.8. The van der Waals surface area contributed by atoms with Gasteiger partial charge >= 0.3 is 0 Å². The molecule has 0 bridgehead atoms. The number of aryl methyl sites for hydroxylation is 3. The quantitative estimate of drug-likeness (QED) is 0.654. The lowest BCUT2D eigenvalue weighted by Gasteiger charge is -2.24. The molecule has 5 nitrogen and oxygen atoms in total. The molecule has 1 aliphatic heterocycles. The summed E-state index contributed by atoms with van der Waals surface area (Å²) in [5.74, 6) is 0.798. The van der Waals surface area contributed by atoms with Crippen molar-refractivity contribution in [3.8, 4) is 0 Å². The molecule has 0 aliphatic carbocycles. The standard InChI is InChI=1S/C22H26N4OS/c1-14-19-15(2)23-16(3)24-21(19)28-20(14)22(27)25(4)13-17-9-5-6-10-18(17)26-11-7-8-12-26/h5-6,9-10H,7-8,11-13H2,1-4H3. The van der Waals surface area contributed by atoms with E-state index in [1.54, 1.807) is 0 Å². The maximum absolute atomic E-state index is 13.2. The van der Waals surface area contributed by atoms with Crippen molar-refractivity contribution in [1.82, 2.24) is 14.9 Å². The number of para-hydroxylation sites is 1. The molecule has 0 N–H and O–H groups in total. The number of fused-ring (bicyclic) bond motifs is 1. The fourth-order valence-electron chi connectivity index (χ4n) is 4.09. The molecule has 1 aliphatic rings. The van der Waals surface area contributed by atoms with Gasteiger partial charge in [-0.1, -0.05) is 18.2 Å². The third kappa shape index (κ3) is 3.37. The Hall–Kier alpha value is -2.47. The lowest BCUT2D eigenvalue weighted by molar-refractivity contribution is 0.0789. The minimum Gasteiger partial charge on any atom is -0.371 e. The summed E-state index contributed by atoms with van der Waals surface area (Å²) >= 11 is 1.48. The minimum atomic E-state index is 0.0498. The number of nitrogens with zero attached hydrogens (tertiary/aromatic N) is 4. The first kappa shape index (κ1) is 18.9. The largest absolute Gasteiger partial charge is 0.371 e. The van der Waals surface area contributed by atoms with Crippen molar-refractivity contribution < 1.29 is 4.79 Å². The molecule has 4 rings (SSSR count). The highest BCUT2D eigenvalue weighted by molar-refractivity contribution is 7.20. The Morgan fingerprint density at radius 2 is 1.86 bits per heavy atom. The Labute approximate surface area is 170 Å². The molecule has 1 amide bonds. The van der Waals surface area contributed by atoms with Crippen molar-refractivity contribution in [3.63, 3.8) is 0 Å². The summed E-state index contributed by atoms with van der Waals surface area (Å²) in [6, 6.07) is 8.44. The Morgan fingerprint density at radius 3 is 2.61 bits per heavy atom. The summed E-state index contributed by atoms with van der Waals surface area (Å²) < 4.78 is 0. The van der Waals surface area contributed by atoms with Crippen LogP contribution in [0.2, 0.25) is 0 Å². The third-order valence-corrected chi connectivity index (χ3v) is 6.64. The molecule has 1 aromatic carbocycles. The molecule has 3 heterocycles. The first-order valence-corrected chi connectivity index (χ1v) is 10.6. The van der Waals surface area contributed by atoms with Crippen LogP contribution in [0.1, 0.15) is 45.2 Å². The number of carbonyl (C=O) groups is 1. The van der Waals surface area contributed by atoms with Crippen LogP contribution in [0.3, 0.4) is 0 Å². The second-order valence-corrected chi connectivity index (χ2v) is 8.58. The molecule has 0 spiro atoms. The Balaban J connectivity index is 1.62. The van der Waals surface area contributed by atoms with Crippen LogP contribution in [-0.2, 0) is 6.54 Å². The molecule has 2 aromatic heterocycles. The summed E-state index contributed by atoms with van der Waals surface area (Å²) in [7, 11) is 1.89. The van der Waals surface area contributed by atoms with Gasteiger partial charge in [-0.3, -0.25) is 4.79 Å². The number of rotatable bonds is 4. The van der Waals surface area contributed by atoms with E-state index in [4.69, 9.17) is 0 Å². The monoisotopic (exact) mass is 394 g/mol. The molecule has 146 valence electrons. The van der Waals surface area contributed by atoms with E-state index in [9.17, 15) is 4.79 Å². The maximum Gasteiger partial charge on any atom is 0.264 e. The van der Waals surface area contributed by atoms with E-state index in [0.717, 1.165) is 45.3 Å². The van der Waals surface area contributed by atoms with Crippen LogP contribution >= 0.6 is 11.3 Å². The molecule has 1 saturated heterocycles. The van der Waals surface area contributed by atoms with Gasteiger partial charge in [-0.25, -0.2) is 9.97 Å². The van der Waals surface area contributed by atoms with E-state index in [2.05, 4.69) is 39.1 Å². The molecular weight excluding hydrogens is 368 g/mol. The van der Waals surface area contributed by atoms with E-state index in [1.165, 1.54) is 35.4 Å². The number of benzene rings is 1. The van der Waals surface area contributed by atoms with Crippen molar-refractivity contribution >= 4 is 33.1 Å². The smallest absolute Gasteiger partial charge is 0.264 e. The molecular formula is C22H26N4OS. The normalized spacial score (nSPS) is 14.1.